The van der Waals surface area contributed by atoms with Gasteiger partial charge in [-0.2, -0.15) is 11.8 Å². The Labute approximate surface area is 114 Å². The average molecular weight is 275 g/mol. The lowest BCUT2D eigenvalue weighted by atomic mass is 10.2. The molecule has 106 valence electrons. The number of nitrogens with one attached hydrogen (secondary N) is 1. The molecule has 5 heteroatoms. The summed E-state index contributed by atoms with van der Waals surface area (Å²) in [5.74, 6) is 0.608. The van der Waals surface area contributed by atoms with Gasteiger partial charge in [0.2, 0.25) is 5.91 Å². The molecule has 18 heavy (non-hydrogen) atoms. The highest BCUT2D eigenvalue weighted by Gasteiger charge is 2.17. The van der Waals surface area contributed by atoms with Gasteiger partial charge < -0.3 is 10.1 Å². The molecule has 0 rings (SSSR count). The number of carbonyl (C=O) groups is 2. The van der Waals surface area contributed by atoms with Gasteiger partial charge in [0, 0.05) is 12.5 Å². The van der Waals surface area contributed by atoms with Gasteiger partial charge in [-0.05, 0) is 46.1 Å². The molecule has 0 radical (unpaired) electrons. The molecule has 0 bridgehead atoms. The van der Waals surface area contributed by atoms with Crippen LogP contribution in [0.25, 0.3) is 0 Å². The number of rotatable bonds is 7. The zero-order valence-electron chi connectivity index (χ0n) is 12.0. The van der Waals surface area contributed by atoms with Crippen molar-refractivity contribution in [3.63, 3.8) is 0 Å². The van der Waals surface area contributed by atoms with Crippen molar-refractivity contribution in [3.05, 3.63) is 0 Å². The predicted octanol–water partition coefficient (Wildman–Crippen LogP) is 2.37. The summed E-state index contributed by atoms with van der Waals surface area (Å²) >= 11 is 1.76. The lowest BCUT2D eigenvalue weighted by molar-refractivity contribution is -0.155. The molecular formula is C13H25NO3S. The Morgan fingerprint density at radius 1 is 1.28 bits per heavy atom. The number of esters is 1. The second kappa shape index (κ2) is 8.40. The van der Waals surface area contributed by atoms with E-state index in [2.05, 4.69) is 5.32 Å². The fourth-order valence-electron chi connectivity index (χ4n) is 1.32. The number of ether oxygens (including phenoxy) is 1. The van der Waals surface area contributed by atoms with E-state index in [1.54, 1.807) is 11.8 Å². The van der Waals surface area contributed by atoms with Crippen LogP contribution in [0.2, 0.25) is 0 Å². The Morgan fingerprint density at radius 2 is 1.89 bits per heavy atom. The summed E-state index contributed by atoms with van der Waals surface area (Å²) in [6.45, 7) is 7.42. The van der Waals surface area contributed by atoms with Gasteiger partial charge in [0.25, 0.3) is 0 Å². The highest BCUT2D eigenvalue weighted by Crippen LogP contribution is 2.09. The normalized spacial score (nSPS) is 12.9. The van der Waals surface area contributed by atoms with Crippen LogP contribution in [0.4, 0.5) is 0 Å². The Bertz CT molecular complexity index is 274. The Balaban J connectivity index is 3.79. The van der Waals surface area contributed by atoms with Crippen molar-refractivity contribution in [3.8, 4) is 0 Å². The van der Waals surface area contributed by atoms with E-state index in [-0.39, 0.29) is 30.8 Å². The summed E-state index contributed by atoms with van der Waals surface area (Å²) in [6, 6.07) is 0.156. The minimum Gasteiger partial charge on any atom is -0.460 e. The molecule has 0 aromatic carbocycles. The van der Waals surface area contributed by atoms with Gasteiger partial charge in [-0.3, -0.25) is 9.59 Å². The molecule has 1 atom stereocenters. The summed E-state index contributed by atoms with van der Waals surface area (Å²) in [7, 11) is 0. The highest BCUT2D eigenvalue weighted by molar-refractivity contribution is 7.98. The molecule has 0 saturated heterocycles. The standard InChI is InChI=1S/C13H25NO3S/c1-10(8-9-18-5)14-11(15)6-7-12(16)17-13(2,3)4/h10H,6-9H2,1-5H3,(H,14,15). The zero-order chi connectivity index (χ0) is 14.2. The fourth-order valence-corrected chi connectivity index (χ4v) is 1.91. The van der Waals surface area contributed by atoms with Crippen molar-refractivity contribution in [2.24, 2.45) is 0 Å². The summed E-state index contributed by atoms with van der Waals surface area (Å²) in [6.07, 6.45) is 3.31. The molecule has 0 aliphatic heterocycles. The monoisotopic (exact) mass is 275 g/mol. The van der Waals surface area contributed by atoms with Gasteiger partial charge in [0.15, 0.2) is 0 Å². The van der Waals surface area contributed by atoms with E-state index < -0.39 is 5.60 Å². The lowest BCUT2D eigenvalue weighted by Crippen LogP contribution is -2.33. The maximum Gasteiger partial charge on any atom is 0.306 e. The Kier molecular flexibility index (Phi) is 8.07. The third kappa shape index (κ3) is 10.4. The minimum atomic E-state index is -0.487. The number of amides is 1. The first-order chi connectivity index (χ1) is 8.24. The van der Waals surface area contributed by atoms with Crippen molar-refractivity contribution in [2.45, 2.75) is 58.6 Å². The fraction of sp³-hybridized carbons (Fsp3) is 0.846. The zero-order valence-corrected chi connectivity index (χ0v) is 12.9. The van der Waals surface area contributed by atoms with Crippen LogP contribution in [0.1, 0.15) is 47.0 Å². The summed E-state index contributed by atoms with van der Waals surface area (Å²) in [4.78, 5) is 23.0. The van der Waals surface area contributed by atoms with Gasteiger partial charge in [-0.1, -0.05) is 0 Å². The average Bonchev–Trinajstić information content (AvgIpc) is 2.21. The number of carbonyl (C=O) groups excluding carboxylic acids is 2. The van der Waals surface area contributed by atoms with Crippen LogP contribution < -0.4 is 5.32 Å². The van der Waals surface area contributed by atoms with Gasteiger partial charge in [-0.25, -0.2) is 0 Å². The molecule has 4 nitrogen and oxygen atoms in total. The Morgan fingerprint density at radius 3 is 2.39 bits per heavy atom. The topological polar surface area (TPSA) is 55.4 Å². The maximum atomic E-state index is 11.6. The van der Waals surface area contributed by atoms with Crippen molar-refractivity contribution in [2.75, 3.05) is 12.0 Å². The quantitative estimate of drug-likeness (QED) is 0.725. The number of hydrogen-bond acceptors (Lipinski definition) is 4. The van der Waals surface area contributed by atoms with Crippen LogP contribution >= 0.6 is 11.8 Å². The van der Waals surface area contributed by atoms with Crippen molar-refractivity contribution in [1.29, 1.82) is 0 Å². The second-order valence-electron chi connectivity index (χ2n) is 5.34. The largest absolute Gasteiger partial charge is 0.460 e. The molecule has 0 spiro atoms. The molecule has 1 unspecified atom stereocenters. The third-order valence-corrected chi connectivity index (χ3v) is 2.78. The van der Waals surface area contributed by atoms with Crippen LogP contribution in [0.15, 0.2) is 0 Å². The number of thioether (sulfide) groups is 1. The molecule has 0 heterocycles. The SMILES string of the molecule is CSCCC(C)NC(=O)CCC(=O)OC(C)(C)C. The van der Waals surface area contributed by atoms with E-state index in [4.69, 9.17) is 4.74 Å². The first kappa shape index (κ1) is 17.3. The van der Waals surface area contributed by atoms with Gasteiger partial charge in [0.1, 0.15) is 5.60 Å². The first-order valence-corrected chi connectivity index (χ1v) is 7.64. The van der Waals surface area contributed by atoms with E-state index in [1.165, 1.54) is 0 Å². The van der Waals surface area contributed by atoms with E-state index in [0.29, 0.717) is 0 Å². The van der Waals surface area contributed by atoms with Crippen molar-refractivity contribution >= 4 is 23.6 Å². The van der Waals surface area contributed by atoms with Gasteiger partial charge in [0.05, 0.1) is 6.42 Å². The number of hydrogen-bond donors (Lipinski definition) is 1. The molecule has 0 saturated carbocycles. The molecule has 0 aliphatic rings. The Hall–Kier alpha value is -0.710. The van der Waals surface area contributed by atoms with Crippen LogP contribution in [0.5, 0.6) is 0 Å². The van der Waals surface area contributed by atoms with Crippen molar-refractivity contribution in [1.82, 2.24) is 5.32 Å². The smallest absolute Gasteiger partial charge is 0.306 e. The van der Waals surface area contributed by atoms with Crippen molar-refractivity contribution < 1.29 is 14.3 Å². The molecule has 0 aliphatic carbocycles. The lowest BCUT2D eigenvalue weighted by Gasteiger charge is -2.19. The maximum absolute atomic E-state index is 11.6. The van der Waals surface area contributed by atoms with Crippen LogP contribution in [0.3, 0.4) is 0 Å². The van der Waals surface area contributed by atoms with Crippen LogP contribution in [-0.2, 0) is 14.3 Å². The van der Waals surface area contributed by atoms with Crippen LogP contribution in [0, 0.1) is 0 Å². The van der Waals surface area contributed by atoms with Gasteiger partial charge >= 0.3 is 5.97 Å². The molecule has 1 N–H and O–H groups in total. The summed E-state index contributed by atoms with van der Waals surface area (Å²) in [5.41, 5.74) is -0.487. The summed E-state index contributed by atoms with van der Waals surface area (Å²) < 4.78 is 5.14. The molecule has 0 aromatic rings. The molecule has 0 fully saturated rings. The summed E-state index contributed by atoms with van der Waals surface area (Å²) in [5, 5.41) is 2.87. The van der Waals surface area contributed by atoms with Crippen LogP contribution in [-0.4, -0.2) is 35.5 Å². The molecule has 1 amide bonds. The molecular weight excluding hydrogens is 250 g/mol. The van der Waals surface area contributed by atoms with E-state index in [9.17, 15) is 9.59 Å². The first-order valence-electron chi connectivity index (χ1n) is 6.24. The highest BCUT2D eigenvalue weighted by atomic mass is 32.2. The minimum absolute atomic E-state index is 0.0885. The van der Waals surface area contributed by atoms with Gasteiger partial charge in [-0.15, -0.1) is 0 Å². The third-order valence-electron chi connectivity index (χ3n) is 2.14. The predicted molar refractivity (Wildman–Crippen MR) is 75.7 cm³/mol. The second-order valence-corrected chi connectivity index (χ2v) is 6.32. The van der Waals surface area contributed by atoms with E-state index in [1.807, 2.05) is 34.0 Å². The van der Waals surface area contributed by atoms with E-state index in [0.717, 1.165) is 12.2 Å². The van der Waals surface area contributed by atoms with E-state index >= 15 is 0 Å². The molecule has 0 aromatic heterocycles.